The van der Waals surface area contributed by atoms with Crippen LogP contribution in [-0.2, 0) is 11.3 Å². The maximum atomic E-state index is 10.6. The van der Waals surface area contributed by atoms with Crippen LogP contribution in [0.5, 0.6) is 0 Å². The summed E-state index contributed by atoms with van der Waals surface area (Å²) < 4.78 is 0. The first-order valence-electron chi connectivity index (χ1n) is 6.84. The fourth-order valence-corrected chi connectivity index (χ4v) is 3.60. The van der Waals surface area contributed by atoms with Crippen molar-refractivity contribution in [1.29, 1.82) is 0 Å². The van der Waals surface area contributed by atoms with E-state index >= 15 is 0 Å². The summed E-state index contributed by atoms with van der Waals surface area (Å²) in [5.74, 6) is -0.891. The molecule has 3 nitrogen and oxygen atoms in total. The first-order valence-corrected chi connectivity index (χ1v) is 7.72. The fraction of sp³-hybridized carbons (Fsp3) is 0.533. The van der Waals surface area contributed by atoms with Crippen molar-refractivity contribution in [2.24, 2.45) is 0 Å². The summed E-state index contributed by atoms with van der Waals surface area (Å²) in [4.78, 5) is 14.3. The van der Waals surface area contributed by atoms with Crippen LogP contribution in [0.2, 0.25) is 0 Å². The van der Waals surface area contributed by atoms with Crippen molar-refractivity contribution in [3.05, 3.63) is 28.0 Å². The number of hydrogen-bond acceptors (Lipinski definition) is 3. The first-order chi connectivity index (χ1) is 9.16. The number of nitrogens with zero attached hydrogens (tertiary/aromatic N) is 1. The van der Waals surface area contributed by atoms with Gasteiger partial charge in [-0.3, -0.25) is 4.90 Å². The molecule has 1 aromatic rings. The van der Waals surface area contributed by atoms with Gasteiger partial charge in [0.05, 0.1) is 0 Å². The van der Waals surface area contributed by atoms with Gasteiger partial charge < -0.3 is 5.11 Å². The molecule has 1 heterocycles. The van der Waals surface area contributed by atoms with Crippen LogP contribution in [0.25, 0.3) is 6.08 Å². The molecule has 0 spiro atoms. The number of thiophene rings is 1. The van der Waals surface area contributed by atoms with Crippen LogP contribution in [0, 0.1) is 0 Å². The average Bonchev–Trinajstić information content (AvgIpc) is 2.84. The van der Waals surface area contributed by atoms with Crippen molar-refractivity contribution in [2.75, 3.05) is 7.05 Å². The van der Waals surface area contributed by atoms with Crippen molar-refractivity contribution >= 4 is 23.4 Å². The Morgan fingerprint density at radius 3 is 2.89 bits per heavy atom. The van der Waals surface area contributed by atoms with E-state index in [0.717, 1.165) is 12.1 Å². The third kappa shape index (κ3) is 4.18. The summed E-state index contributed by atoms with van der Waals surface area (Å²) in [5, 5.41) is 10.7. The molecule has 2 rings (SSSR count). The maximum Gasteiger partial charge on any atom is 0.328 e. The minimum Gasteiger partial charge on any atom is -0.478 e. The lowest BCUT2D eigenvalue weighted by Crippen LogP contribution is -2.32. The molecule has 1 fully saturated rings. The Labute approximate surface area is 118 Å². The molecular weight excluding hydrogens is 258 g/mol. The van der Waals surface area contributed by atoms with Crippen LogP contribution in [0.4, 0.5) is 0 Å². The molecule has 0 saturated heterocycles. The van der Waals surface area contributed by atoms with Gasteiger partial charge in [0.25, 0.3) is 0 Å². The fourth-order valence-electron chi connectivity index (χ4n) is 2.67. The highest BCUT2D eigenvalue weighted by molar-refractivity contribution is 7.10. The Hall–Kier alpha value is -1.13. The zero-order valence-corrected chi connectivity index (χ0v) is 12.2. The SMILES string of the molecule is CN(Cc1sccc1C=CC(=O)O)C1CCCCC1. The predicted octanol–water partition coefficient (Wildman–Crippen LogP) is 3.61. The van der Waals surface area contributed by atoms with Gasteiger partial charge in [0.1, 0.15) is 0 Å². The van der Waals surface area contributed by atoms with E-state index in [1.54, 1.807) is 17.4 Å². The summed E-state index contributed by atoms with van der Waals surface area (Å²) >= 11 is 1.71. The van der Waals surface area contributed by atoms with Crippen molar-refractivity contribution in [1.82, 2.24) is 4.90 Å². The van der Waals surface area contributed by atoms with Crippen molar-refractivity contribution in [3.63, 3.8) is 0 Å². The zero-order chi connectivity index (χ0) is 13.7. The van der Waals surface area contributed by atoms with E-state index in [2.05, 4.69) is 11.9 Å². The minimum atomic E-state index is -0.891. The largest absolute Gasteiger partial charge is 0.478 e. The standard InChI is InChI=1S/C15H21NO2S/c1-16(13-5-3-2-4-6-13)11-14-12(9-10-19-14)7-8-15(17)18/h7-10,13H,2-6,11H2,1H3,(H,17,18). The molecule has 0 atom stereocenters. The van der Waals surface area contributed by atoms with Crippen LogP contribution in [0.3, 0.4) is 0 Å². The first kappa shape index (κ1) is 14.3. The van der Waals surface area contributed by atoms with E-state index in [1.807, 2.05) is 11.4 Å². The van der Waals surface area contributed by atoms with Crippen LogP contribution in [0.15, 0.2) is 17.5 Å². The normalized spacial score (nSPS) is 17.4. The molecule has 1 saturated carbocycles. The van der Waals surface area contributed by atoms with Crippen molar-refractivity contribution in [2.45, 2.75) is 44.7 Å². The molecule has 4 heteroatoms. The van der Waals surface area contributed by atoms with Gasteiger partial charge in [0, 0.05) is 23.5 Å². The number of aliphatic carboxylic acids is 1. The Morgan fingerprint density at radius 1 is 1.47 bits per heavy atom. The topological polar surface area (TPSA) is 40.5 Å². The molecule has 19 heavy (non-hydrogen) atoms. The number of hydrogen-bond donors (Lipinski definition) is 1. The van der Waals surface area contributed by atoms with Gasteiger partial charge in [-0.15, -0.1) is 11.3 Å². The van der Waals surface area contributed by atoms with Gasteiger partial charge >= 0.3 is 5.97 Å². The number of carboxylic acid groups (broad SMARTS) is 1. The molecule has 0 amide bonds. The molecular formula is C15H21NO2S. The minimum absolute atomic E-state index is 0.687. The van der Waals surface area contributed by atoms with E-state index in [1.165, 1.54) is 43.1 Å². The van der Waals surface area contributed by atoms with Gasteiger partial charge in [0.15, 0.2) is 0 Å². The molecule has 1 aromatic heterocycles. The van der Waals surface area contributed by atoms with Crippen LogP contribution >= 0.6 is 11.3 Å². The lowest BCUT2D eigenvalue weighted by atomic mass is 9.94. The van der Waals surface area contributed by atoms with E-state index in [-0.39, 0.29) is 0 Å². The molecule has 104 valence electrons. The highest BCUT2D eigenvalue weighted by Gasteiger charge is 2.18. The quantitative estimate of drug-likeness (QED) is 0.837. The highest BCUT2D eigenvalue weighted by atomic mass is 32.1. The Kier molecular flexibility index (Phi) is 5.16. The lowest BCUT2D eigenvalue weighted by Gasteiger charge is -2.31. The van der Waals surface area contributed by atoms with Gasteiger partial charge in [-0.1, -0.05) is 19.3 Å². The molecule has 0 radical (unpaired) electrons. The maximum absolute atomic E-state index is 10.6. The third-order valence-electron chi connectivity index (χ3n) is 3.78. The molecule has 0 unspecified atom stereocenters. The highest BCUT2D eigenvalue weighted by Crippen LogP contribution is 2.26. The zero-order valence-electron chi connectivity index (χ0n) is 11.3. The molecule has 1 aliphatic carbocycles. The van der Waals surface area contributed by atoms with E-state index in [0.29, 0.717) is 6.04 Å². The molecule has 1 aliphatic rings. The van der Waals surface area contributed by atoms with E-state index in [4.69, 9.17) is 5.11 Å². The second-order valence-corrected chi connectivity index (χ2v) is 6.18. The smallest absolute Gasteiger partial charge is 0.328 e. The monoisotopic (exact) mass is 279 g/mol. The molecule has 0 aliphatic heterocycles. The summed E-state index contributed by atoms with van der Waals surface area (Å²) in [5.41, 5.74) is 1.04. The molecule has 0 bridgehead atoms. The summed E-state index contributed by atoms with van der Waals surface area (Å²) in [6.45, 7) is 0.918. The van der Waals surface area contributed by atoms with E-state index < -0.39 is 5.97 Å². The van der Waals surface area contributed by atoms with Gasteiger partial charge in [-0.25, -0.2) is 4.79 Å². The van der Waals surface area contributed by atoms with Gasteiger partial charge in [-0.05, 0) is 43.0 Å². The second kappa shape index (κ2) is 6.87. The van der Waals surface area contributed by atoms with E-state index in [9.17, 15) is 4.79 Å². The second-order valence-electron chi connectivity index (χ2n) is 5.18. The number of carbonyl (C=O) groups is 1. The number of rotatable bonds is 5. The average molecular weight is 279 g/mol. The Bertz CT molecular complexity index is 447. The van der Waals surface area contributed by atoms with Crippen LogP contribution in [0.1, 0.15) is 42.5 Å². The summed E-state index contributed by atoms with van der Waals surface area (Å²) in [6.07, 6.45) is 9.55. The Balaban J connectivity index is 1.98. The Morgan fingerprint density at radius 2 is 2.21 bits per heavy atom. The lowest BCUT2D eigenvalue weighted by molar-refractivity contribution is -0.131. The molecule has 0 aromatic carbocycles. The van der Waals surface area contributed by atoms with Crippen molar-refractivity contribution in [3.8, 4) is 0 Å². The number of carboxylic acids is 1. The van der Waals surface area contributed by atoms with Crippen LogP contribution < -0.4 is 0 Å². The van der Waals surface area contributed by atoms with Gasteiger partial charge in [-0.2, -0.15) is 0 Å². The summed E-state index contributed by atoms with van der Waals surface area (Å²) in [6, 6.07) is 2.68. The van der Waals surface area contributed by atoms with Gasteiger partial charge in [0.2, 0.25) is 0 Å². The van der Waals surface area contributed by atoms with Crippen molar-refractivity contribution < 1.29 is 9.90 Å². The van der Waals surface area contributed by atoms with Crippen LogP contribution in [-0.4, -0.2) is 29.1 Å². The molecule has 1 N–H and O–H groups in total. The third-order valence-corrected chi connectivity index (χ3v) is 4.70. The summed E-state index contributed by atoms with van der Waals surface area (Å²) in [7, 11) is 2.18. The predicted molar refractivity (Wildman–Crippen MR) is 79.3 cm³/mol.